The van der Waals surface area contributed by atoms with Gasteiger partial charge >= 0.3 is 0 Å². The summed E-state index contributed by atoms with van der Waals surface area (Å²) in [5, 5.41) is 5.70. The van der Waals surface area contributed by atoms with E-state index in [4.69, 9.17) is 0 Å². The van der Waals surface area contributed by atoms with E-state index >= 15 is 0 Å². The third-order valence-corrected chi connectivity index (χ3v) is 3.05. The first kappa shape index (κ1) is 9.41. The molecule has 3 aromatic heterocycles. The van der Waals surface area contributed by atoms with Crippen molar-refractivity contribution in [1.82, 2.24) is 19.2 Å². The standard InChI is InChI=1S/C14H10N4/c1-2-4-13-11(3-1)9-18(16-13)12-5-6-14-15-7-8-17(14)10-12/h1-10H. The Balaban J connectivity index is 1.94. The van der Waals surface area contributed by atoms with Crippen LogP contribution in [0.15, 0.2) is 61.2 Å². The van der Waals surface area contributed by atoms with Crippen LogP contribution in [-0.2, 0) is 0 Å². The summed E-state index contributed by atoms with van der Waals surface area (Å²) < 4.78 is 3.88. The van der Waals surface area contributed by atoms with Crippen LogP contribution in [-0.4, -0.2) is 19.2 Å². The van der Waals surface area contributed by atoms with Crippen LogP contribution in [0, 0.1) is 0 Å². The van der Waals surface area contributed by atoms with Crippen molar-refractivity contribution in [2.75, 3.05) is 0 Å². The molecule has 18 heavy (non-hydrogen) atoms. The maximum absolute atomic E-state index is 4.56. The lowest BCUT2D eigenvalue weighted by Gasteiger charge is -2.01. The Morgan fingerprint density at radius 2 is 1.89 bits per heavy atom. The highest BCUT2D eigenvalue weighted by Gasteiger charge is 2.03. The zero-order chi connectivity index (χ0) is 11.9. The second-order valence-electron chi connectivity index (χ2n) is 4.21. The first-order valence-corrected chi connectivity index (χ1v) is 5.78. The number of rotatable bonds is 1. The molecule has 0 N–H and O–H groups in total. The fraction of sp³-hybridized carbons (Fsp3) is 0. The van der Waals surface area contributed by atoms with E-state index in [1.165, 1.54) is 0 Å². The molecule has 4 rings (SSSR count). The first-order chi connectivity index (χ1) is 8.90. The third-order valence-electron chi connectivity index (χ3n) is 3.05. The molecule has 0 aliphatic carbocycles. The summed E-state index contributed by atoms with van der Waals surface area (Å²) in [7, 11) is 0. The summed E-state index contributed by atoms with van der Waals surface area (Å²) in [6, 6.07) is 12.1. The molecule has 3 heterocycles. The molecule has 4 aromatic rings. The molecule has 0 saturated carbocycles. The van der Waals surface area contributed by atoms with Gasteiger partial charge in [-0.25, -0.2) is 9.67 Å². The van der Waals surface area contributed by atoms with Crippen LogP contribution < -0.4 is 0 Å². The zero-order valence-corrected chi connectivity index (χ0v) is 9.56. The van der Waals surface area contributed by atoms with Crippen LogP contribution in [0.2, 0.25) is 0 Å². The van der Waals surface area contributed by atoms with Crippen LogP contribution >= 0.6 is 0 Å². The number of fused-ring (bicyclic) bond motifs is 2. The van der Waals surface area contributed by atoms with Crippen molar-refractivity contribution in [3.8, 4) is 5.69 Å². The van der Waals surface area contributed by atoms with Gasteiger partial charge in [-0.05, 0) is 18.2 Å². The predicted molar refractivity (Wildman–Crippen MR) is 69.8 cm³/mol. The molecule has 86 valence electrons. The van der Waals surface area contributed by atoms with Crippen LogP contribution in [0.25, 0.3) is 22.2 Å². The molecule has 0 aliphatic rings. The van der Waals surface area contributed by atoms with E-state index in [0.29, 0.717) is 0 Å². The minimum absolute atomic E-state index is 0.940. The zero-order valence-electron chi connectivity index (χ0n) is 9.56. The van der Waals surface area contributed by atoms with Crippen molar-refractivity contribution in [2.24, 2.45) is 0 Å². The van der Waals surface area contributed by atoms with Crippen molar-refractivity contribution in [3.63, 3.8) is 0 Å². The summed E-state index contributed by atoms with van der Waals surface area (Å²) in [5.74, 6) is 0. The summed E-state index contributed by atoms with van der Waals surface area (Å²) in [4.78, 5) is 4.23. The Hall–Kier alpha value is -2.62. The molecule has 1 aromatic carbocycles. The SMILES string of the molecule is c1ccc2nn(-c3ccc4nccn4c3)cc2c1. The largest absolute Gasteiger partial charge is 0.305 e. The van der Waals surface area contributed by atoms with Crippen molar-refractivity contribution in [2.45, 2.75) is 0 Å². The summed E-state index contributed by atoms with van der Waals surface area (Å²) in [6.45, 7) is 0. The van der Waals surface area contributed by atoms with Gasteiger partial charge in [-0.2, -0.15) is 5.10 Å². The number of imidazole rings is 1. The Bertz CT molecular complexity index is 808. The topological polar surface area (TPSA) is 35.1 Å². The van der Waals surface area contributed by atoms with Gasteiger partial charge < -0.3 is 4.40 Å². The van der Waals surface area contributed by atoms with Crippen molar-refractivity contribution < 1.29 is 0 Å². The highest BCUT2D eigenvalue weighted by atomic mass is 15.3. The lowest BCUT2D eigenvalue weighted by Crippen LogP contribution is -1.96. The molecule has 0 unspecified atom stereocenters. The molecule has 0 amide bonds. The first-order valence-electron chi connectivity index (χ1n) is 5.78. The minimum atomic E-state index is 0.940. The molecular weight excluding hydrogens is 224 g/mol. The Kier molecular flexibility index (Phi) is 1.80. The molecule has 0 fully saturated rings. The Morgan fingerprint density at radius 1 is 0.944 bits per heavy atom. The average molecular weight is 234 g/mol. The molecule has 0 aliphatic heterocycles. The van der Waals surface area contributed by atoms with Gasteiger partial charge in [-0.15, -0.1) is 0 Å². The minimum Gasteiger partial charge on any atom is -0.305 e. The van der Waals surface area contributed by atoms with E-state index in [9.17, 15) is 0 Å². The molecule has 0 saturated heterocycles. The van der Waals surface area contributed by atoms with E-state index in [1.807, 2.05) is 58.0 Å². The van der Waals surface area contributed by atoms with E-state index in [1.54, 1.807) is 6.20 Å². The van der Waals surface area contributed by atoms with Gasteiger partial charge in [0.2, 0.25) is 0 Å². The van der Waals surface area contributed by atoms with Gasteiger partial charge in [0.05, 0.1) is 11.2 Å². The smallest absolute Gasteiger partial charge is 0.136 e. The summed E-state index contributed by atoms with van der Waals surface area (Å²) in [6.07, 6.45) is 7.78. The molecular formula is C14H10N4. The molecule has 0 atom stereocenters. The maximum atomic E-state index is 4.56. The fourth-order valence-corrected chi connectivity index (χ4v) is 2.14. The van der Waals surface area contributed by atoms with E-state index in [-0.39, 0.29) is 0 Å². The van der Waals surface area contributed by atoms with Gasteiger partial charge in [-0.3, -0.25) is 0 Å². The number of pyridine rings is 1. The number of benzene rings is 1. The van der Waals surface area contributed by atoms with Crippen LogP contribution in [0.3, 0.4) is 0 Å². The maximum Gasteiger partial charge on any atom is 0.136 e. The molecule has 0 radical (unpaired) electrons. The summed E-state index contributed by atoms with van der Waals surface area (Å²) >= 11 is 0. The molecule has 0 spiro atoms. The normalized spacial score (nSPS) is 11.3. The monoisotopic (exact) mass is 234 g/mol. The third kappa shape index (κ3) is 1.32. The lowest BCUT2D eigenvalue weighted by atomic mass is 10.3. The van der Waals surface area contributed by atoms with Crippen LogP contribution in [0.5, 0.6) is 0 Å². The average Bonchev–Trinajstić information content (AvgIpc) is 3.04. The molecule has 4 nitrogen and oxygen atoms in total. The van der Waals surface area contributed by atoms with Gasteiger partial charge in [0.15, 0.2) is 0 Å². The fourth-order valence-electron chi connectivity index (χ4n) is 2.14. The number of aromatic nitrogens is 4. The number of hydrogen-bond donors (Lipinski definition) is 0. The van der Waals surface area contributed by atoms with Gasteiger partial charge in [0.25, 0.3) is 0 Å². The predicted octanol–water partition coefficient (Wildman–Crippen LogP) is 2.67. The number of nitrogens with zero attached hydrogens (tertiary/aromatic N) is 4. The van der Waals surface area contributed by atoms with Crippen molar-refractivity contribution in [1.29, 1.82) is 0 Å². The highest BCUT2D eigenvalue weighted by molar-refractivity contribution is 5.78. The Morgan fingerprint density at radius 3 is 2.83 bits per heavy atom. The van der Waals surface area contributed by atoms with Crippen LogP contribution in [0.1, 0.15) is 0 Å². The van der Waals surface area contributed by atoms with E-state index < -0.39 is 0 Å². The van der Waals surface area contributed by atoms with Crippen molar-refractivity contribution >= 4 is 16.6 Å². The lowest BCUT2D eigenvalue weighted by molar-refractivity contribution is 0.885. The second kappa shape index (κ2) is 3.43. The molecule has 4 heteroatoms. The summed E-state index contributed by atoms with van der Waals surface area (Å²) in [5.41, 5.74) is 2.97. The highest BCUT2D eigenvalue weighted by Crippen LogP contribution is 2.15. The molecule has 0 bridgehead atoms. The van der Waals surface area contributed by atoms with Crippen molar-refractivity contribution in [3.05, 3.63) is 61.2 Å². The quantitative estimate of drug-likeness (QED) is 0.507. The number of hydrogen-bond acceptors (Lipinski definition) is 2. The van der Waals surface area contributed by atoms with Gasteiger partial charge in [0, 0.05) is 30.2 Å². The van der Waals surface area contributed by atoms with Crippen LogP contribution in [0.4, 0.5) is 0 Å². The second-order valence-corrected chi connectivity index (χ2v) is 4.21. The Labute approximate surface area is 103 Å². The van der Waals surface area contributed by atoms with Gasteiger partial charge in [0.1, 0.15) is 5.65 Å². The van der Waals surface area contributed by atoms with Gasteiger partial charge in [-0.1, -0.05) is 18.2 Å². The van der Waals surface area contributed by atoms with E-state index in [0.717, 1.165) is 22.2 Å². The van der Waals surface area contributed by atoms with E-state index in [2.05, 4.69) is 16.1 Å².